The molecule has 18 heavy (non-hydrogen) atoms. The van der Waals surface area contributed by atoms with Gasteiger partial charge in [-0.25, -0.2) is 4.79 Å². The number of phenolic OH excluding ortho intramolecular Hbond substituents is 2. The van der Waals surface area contributed by atoms with Gasteiger partial charge >= 0.3 is 5.63 Å². The molecule has 0 bridgehead atoms. The zero-order valence-electron chi connectivity index (χ0n) is 8.98. The topological polar surface area (TPSA) is 70.7 Å². The fourth-order valence-corrected chi connectivity index (χ4v) is 2.23. The summed E-state index contributed by atoms with van der Waals surface area (Å²) in [6.45, 7) is 0. The lowest BCUT2D eigenvalue weighted by molar-refractivity contribution is 0.466. The van der Waals surface area contributed by atoms with Gasteiger partial charge in [0.15, 0.2) is 5.58 Å². The van der Waals surface area contributed by atoms with E-state index in [1.165, 1.54) is 12.1 Å². The van der Waals surface area contributed by atoms with Gasteiger partial charge in [0.25, 0.3) is 0 Å². The summed E-state index contributed by atoms with van der Waals surface area (Å²) < 4.78 is 5.08. The molecule has 0 saturated carbocycles. The number of halogens is 1. The van der Waals surface area contributed by atoms with Crippen LogP contribution in [0.15, 0.2) is 39.5 Å². The highest BCUT2D eigenvalue weighted by Gasteiger charge is 2.15. The van der Waals surface area contributed by atoms with Crippen LogP contribution in [0.25, 0.3) is 21.7 Å². The Kier molecular flexibility index (Phi) is 2.21. The first-order chi connectivity index (χ1) is 8.59. The Morgan fingerprint density at radius 3 is 2.39 bits per heavy atom. The lowest BCUT2D eigenvalue weighted by Gasteiger charge is -2.06. The number of aromatic hydroxyl groups is 2. The van der Waals surface area contributed by atoms with Crippen molar-refractivity contribution in [2.24, 2.45) is 0 Å². The summed E-state index contributed by atoms with van der Waals surface area (Å²) >= 11 is 5.94. The molecule has 5 heteroatoms. The highest BCUT2D eigenvalue weighted by Crippen LogP contribution is 2.36. The molecule has 0 fully saturated rings. The van der Waals surface area contributed by atoms with E-state index in [-0.39, 0.29) is 32.9 Å². The van der Waals surface area contributed by atoms with Crippen molar-refractivity contribution in [1.82, 2.24) is 0 Å². The van der Waals surface area contributed by atoms with Crippen molar-refractivity contribution >= 4 is 33.3 Å². The van der Waals surface area contributed by atoms with E-state index in [0.29, 0.717) is 5.39 Å². The van der Waals surface area contributed by atoms with Gasteiger partial charge in [0.1, 0.15) is 16.9 Å². The summed E-state index contributed by atoms with van der Waals surface area (Å²) in [5.74, 6) is -0.346. The van der Waals surface area contributed by atoms with Gasteiger partial charge in [0, 0.05) is 10.8 Å². The molecule has 0 atom stereocenters. The maximum atomic E-state index is 11.8. The molecular weight excluding hydrogens is 256 g/mol. The van der Waals surface area contributed by atoms with Gasteiger partial charge in [-0.1, -0.05) is 23.7 Å². The lowest BCUT2D eigenvalue weighted by Crippen LogP contribution is -2.00. The van der Waals surface area contributed by atoms with Crippen molar-refractivity contribution in [2.45, 2.75) is 0 Å². The van der Waals surface area contributed by atoms with E-state index < -0.39 is 5.63 Å². The molecule has 3 rings (SSSR count). The molecule has 0 saturated heterocycles. The molecule has 4 nitrogen and oxygen atoms in total. The summed E-state index contributed by atoms with van der Waals surface area (Å²) in [5, 5.41) is 20.5. The SMILES string of the molecule is O=c1oc2c(Cl)cccc2c2c(O)ccc(O)c12. The Morgan fingerprint density at radius 2 is 1.67 bits per heavy atom. The predicted octanol–water partition coefficient (Wildman–Crippen LogP) is 3.01. The molecule has 0 aliphatic heterocycles. The third-order valence-electron chi connectivity index (χ3n) is 2.80. The minimum absolute atomic E-state index is 0.0511. The average molecular weight is 263 g/mol. The maximum Gasteiger partial charge on any atom is 0.348 e. The Labute approximate surface area is 106 Å². The second-order valence-electron chi connectivity index (χ2n) is 3.86. The normalized spacial score (nSPS) is 11.2. The van der Waals surface area contributed by atoms with Crippen LogP contribution in [0.2, 0.25) is 5.02 Å². The highest BCUT2D eigenvalue weighted by atomic mass is 35.5. The van der Waals surface area contributed by atoms with Crippen molar-refractivity contribution < 1.29 is 14.6 Å². The van der Waals surface area contributed by atoms with Gasteiger partial charge in [-0.2, -0.15) is 0 Å². The fourth-order valence-electron chi connectivity index (χ4n) is 2.01. The van der Waals surface area contributed by atoms with E-state index in [1.54, 1.807) is 18.2 Å². The number of hydrogen-bond donors (Lipinski definition) is 2. The first-order valence-corrected chi connectivity index (χ1v) is 5.53. The number of benzene rings is 2. The van der Waals surface area contributed by atoms with E-state index in [9.17, 15) is 15.0 Å². The van der Waals surface area contributed by atoms with Crippen LogP contribution >= 0.6 is 11.6 Å². The number of para-hydroxylation sites is 1. The molecule has 0 spiro atoms. The van der Waals surface area contributed by atoms with Crippen molar-refractivity contribution in [1.29, 1.82) is 0 Å². The lowest BCUT2D eigenvalue weighted by atomic mass is 10.1. The third kappa shape index (κ3) is 1.36. The molecule has 3 aromatic rings. The number of rotatable bonds is 0. The Morgan fingerprint density at radius 1 is 1.00 bits per heavy atom. The Hall–Kier alpha value is -2.20. The molecule has 0 unspecified atom stereocenters. The van der Waals surface area contributed by atoms with Crippen molar-refractivity contribution in [2.75, 3.05) is 0 Å². The molecule has 0 radical (unpaired) electrons. The third-order valence-corrected chi connectivity index (χ3v) is 3.09. The maximum absolute atomic E-state index is 11.8. The second-order valence-corrected chi connectivity index (χ2v) is 4.27. The first kappa shape index (κ1) is 10.9. The molecule has 1 heterocycles. The first-order valence-electron chi connectivity index (χ1n) is 5.15. The Bertz CT molecular complexity index is 836. The van der Waals surface area contributed by atoms with Gasteiger partial charge in [-0.3, -0.25) is 0 Å². The smallest absolute Gasteiger partial charge is 0.348 e. The molecular formula is C13H7ClO4. The summed E-state index contributed by atoms with van der Waals surface area (Å²) in [5.41, 5.74) is -0.545. The summed E-state index contributed by atoms with van der Waals surface area (Å²) in [4.78, 5) is 11.8. The molecule has 0 aliphatic rings. The average Bonchev–Trinajstić information content (AvgIpc) is 2.34. The highest BCUT2D eigenvalue weighted by molar-refractivity contribution is 6.35. The van der Waals surface area contributed by atoms with Crippen LogP contribution in [0.1, 0.15) is 0 Å². The summed E-state index contributed by atoms with van der Waals surface area (Å²) in [7, 11) is 0. The van der Waals surface area contributed by atoms with Crippen LogP contribution in [-0.2, 0) is 0 Å². The van der Waals surface area contributed by atoms with Crippen molar-refractivity contribution in [3.05, 3.63) is 45.8 Å². The zero-order chi connectivity index (χ0) is 12.9. The monoisotopic (exact) mass is 262 g/mol. The van der Waals surface area contributed by atoms with Crippen molar-refractivity contribution in [3.63, 3.8) is 0 Å². The summed E-state index contributed by atoms with van der Waals surface area (Å²) in [6.07, 6.45) is 0. The quantitative estimate of drug-likeness (QED) is 0.371. The van der Waals surface area contributed by atoms with E-state index in [4.69, 9.17) is 16.0 Å². The largest absolute Gasteiger partial charge is 0.507 e. The van der Waals surface area contributed by atoms with Crippen LogP contribution in [0, 0.1) is 0 Å². The van der Waals surface area contributed by atoms with Crippen LogP contribution in [0.5, 0.6) is 11.5 Å². The molecule has 0 amide bonds. The van der Waals surface area contributed by atoms with Gasteiger partial charge in [-0.05, 0) is 18.2 Å². The van der Waals surface area contributed by atoms with Crippen LogP contribution < -0.4 is 5.63 Å². The number of hydrogen-bond acceptors (Lipinski definition) is 4. The van der Waals surface area contributed by atoms with Crippen LogP contribution in [0.4, 0.5) is 0 Å². The van der Waals surface area contributed by atoms with E-state index in [1.807, 2.05) is 0 Å². The predicted molar refractivity (Wildman–Crippen MR) is 68.3 cm³/mol. The van der Waals surface area contributed by atoms with Gasteiger partial charge in [-0.15, -0.1) is 0 Å². The van der Waals surface area contributed by atoms with E-state index in [2.05, 4.69) is 0 Å². The van der Waals surface area contributed by atoms with Gasteiger partial charge < -0.3 is 14.6 Å². The summed E-state index contributed by atoms with van der Waals surface area (Å²) in [6, 6.07) is 7.47. The molecule has 0 aliphatic carbocycles. The van der Waals surface area contributed by atoms with Crippen LogP contribution in [-0.4, -0.2) is 10.2 Å². The molecule has 2 aromatic carbocycles. The minimum Gasteiger partial charge on any atom is -0.507 e. The van der Waals surface area contributed by atoms with Crippen molar-refractivity contribution in [3.8, 4) is 11.5 Å². The van der Waals surface area contributed by atoms with Gasteiger partial charge in [0.2, 0.25) is 0 Å². The second kappa shape index (κ2) is 3.65. The fraction of sp³-hybridized carbons (Fsp3) is 0. The number of phenols is 2. The number of fused-ring (bicyclic) bond motifs is 3. The van der Waals surface area contributed by atoms with E-state index in [0.717, 1.165) is 0 Å². The standard InChI is InChI=1S/C13H7ClO4/c14-7-3-1-2-6-10-8(15)4-5-9(16)11(10)13(17)18-12(6)7/h1-5,15-16H. The van der Waals surface area contributed by atoms with E-state index >= 15 is 0 Å². The zero-order valence-corrected chi connectivity index (χ0v) is 9.73. The Balaban J connectivity index is 2.75. The van der Waals surface area contributed by atoms with Gasteiger partial charge in [0.05, 0.1) is 5.02 Å². The molecule has 1 aromatic heterocycles. The molecule has 90 valence electrons. The van der Waals surface area contributed by atoms with Crippen LogP contribution in [0.3, 0.4) is 0 Å². The molecule has 2 N–H and O–H groups in total. The minimum atomic E-state index is -0.737.